The van der Waals surface area contributed by atoms with Gasteiger partial charge in [-0.3, -0.25) is 9.69 Å². The predicted molar refractivity (Wildman–Crippen MR) is 91.0 cm³/mol. The van der Waals surface area contributed by atoms with Gasteiger partial charge < -0.3 is 10.1 Å². The number of rotatable bonds is 5. The van der Waals surface area contributed by atoms with E-state index in [4.69, 9.17) is 4.74 Å². The minimum Gasteiger partial charge on any atom is -0.375 e. The van der Waals surface area contributed by atoms with E-state index in [0.717, 1.165) is 38.9 Å². The van der Waals surface area contributed by atoms with E-state index in [1.165, 1.54) is 5.56 Å². The van der Waals surface area contributed by atoms with Crippen LogP contribution in [0.5, 0.6) is 0 Å². The molecular weight excluding hydrogens is 288 g/mol. The largest absolute Gasteiger partial charge is 0.375 e. The molecule has 23 heavy (non-hydrogen) atoms. The molecule has 1 saturated heterocycles. The highest BCUT2D eigenvalue weighted by atomic mass is 16.5. The number of allylic oxidation sites excluding steroid dienone is 1. The molecule has 2 atom stereocenters. The lowest BCUT2D eigenvalue weighted by atomic mass is 10.0. The monoisotopic (exact) mass is 314 g/mol. The number of nitrogens with one attached hydrogen (secondary N) is 1. The van der Waals surface area contributed by atoms with Gasteiger partial charge in [-0.1, -0.05) is 42.5 Å². The molecule has 0 radical (unpaired) electrons. The third kappa shape index (κ3) is 5.19. The first kappa shape index (κ1) is 16.2. The van der Waals surface area contributed by atoms with Crippen molar-refractivity contribution in [2.75, 3.05) is 19.7 Å². The second-order valence-corrected chi connectivity index (χ2v) is 6.47. The second-order valence-electron chi connectivity index (χ2n) is 6.47. The van der Waals surface area contributed by atoms with Gasteiger partial charge in [0.1, 0.15) is 0 Å². The standard InChI is InChI=1S/C19H26N2O2/c22-19(20-17-9-5-2-6-10-17)13-18-15-21(11-12-23-18)14-16-7-3-1-4-8-16/h1-5,7-8,17-18H,6,9-15H2,(H,20,22)/t17-,18-/m0/s1. The van der Waals surface area contributed by atoms with E-state index >= 15 is 0 Å². The fourth-order valence-electron chi connectivity index (χ4n) is 3.31. The Hall–Kier alpha value is -1.65. The molecular formula is C19H26N2O2. The zero-order valence-corrected chi connectivity index (χ0v) is 13.6. The predicted octanol–water partition coefficient (Wildman–Crippen LogP) is 2.50. The summed E-state index contributed by atoms with van der Waals surface area (Å²) in [7, 11) is 0. The summed E-state index contributed by atoms with van der Waals surface area (Å²) in [5.74, 6) is 0.122. The first-order chi connectivity index (χ1) is 11.3. The van der Waals surface area contributed by atoms with Crippen molar-refractivity contribution in [3.8, 4) is 0 Å². The second kappa shape index (κ2) is 8.27. The van der Waals surface area contributed by atoms with Crippen LogP contribution in [0.4, 0.5) is 0 Å². The van der Waals surface area contributed by atoms with E-state index in [9.17, 15) is 4.79 Å². The quantitative estimate of drug-likeness (QED) is 0.849. The average Bonchev–Trinajstić information content (AvgIpc) is 2.57. The molecule has 1 aliphatic heterocycles. The van der Waals surface area contributed by atoms with Gasteiger partial charge in [0, 0.05) is 25.7 Å². The summed E-state index contributed by atoms with van der Waals surface area (Å²) in [6, 6.07) is 10.8. The van der Waals surface area contributed by atoms with Crippen molar-refractivity contribution in [2.45, 2.75) is 44.4 Å². The van der Waals surface area contributed by atoms with Gasteiger partial charge in [0.25, 0.3) is 0 Å². The number of benzene rings is 1. The van der Waals surface area contributed by atoms with E-state index in [1.807, 2.05) is 6.07 Å². The molecule has 0 aromatic heterocycles. The van der Waals surface area contributed by atoms with Crippen molar-refractivity contribution < 1.29 is 9.53 Å². The summed E-state index contributed by atoms with van der Waals surface area (Å²) < 4.78 is 5.79. The fraction of sp³-hybridized carbons (Fsp3) is 0.526. The van der Waals surface area contributed by atoms with Gasteiger partial charge in [-0.05, 0) is 24.8 Å². The van der Waals surface area contributed by atoms with Gasteiger partial charge in [0.2, 0.25) is 5.91 Å². The van der Waals surface area contributed by atoms with E-state index in [1.54, 1.807) is 0 Å². The summed E-state index contributed by atoms with van der Waals surface area (Å²) in [4.78, 5) is 14.6. The maximum absolute atomic E-state index is 12.2. The van der Waals surface area contributed by atoms with Crippen LogP contribution in [0.15, 0.2) is 42.5 Å². The summed E-state index contributed by atoms with van der Waals surface area (Å²) in [5, 5.41) is 3.14. The Morgan fingerprint density at radius 3 is 2.91 bits per heavy atom. The van der Waals surface area contributed by atoms with Crippen LogP contribution in [0.2, 0.25) is 0 Å². The van der Waals surface area contributed by atoms with Crippen LogP contribution < -0.4 is 5.32 Å². The number of morpholine rings is 1. The van der Waals surface area contributed by atoms with Crippen LogP contribution in [-0.4, -0.2) is 42.6 Å². The lowest BCUT2D eigenvalue weighted by Gasteiger charge is -2.33. The normalized spacial score (nSPS) is 25.2. The maximum Gasteiger partial charge on any atom is 0.222 e. The lowest BCUT2D eigenvalue weighted by Crippen LogP contribution is -2.45. The molecule has 1 aromatic carbocycles. The van der Waals surface area contributed by atoms with Crippen molar-refractivity contribution in [1.29, 1.82) is 0 Å². The number of amides is 1. The van der Waals surface area contributed by atoms with E-state index in [0.29, 0.717) is 19.1 Å². The van der Waals surface area contributed by atoms with Crippen molar-refractivity contribution in [3.05, 3.63) is 48.0 Å². The fourth-order valence-corrected chi connectivity index (χ4v) is 3.31. The highest BCUT2D eigenvalue weighted by Crippen LogP contribution is 2.14. The molecule has 4 heteroatoms. The Balaban J connectivity index is 1.44. The molecule has 3 rings (SSSR count). The average molecular weight is 314 g/mol. The van der Waals surface area contributed by atoms with Crippen molar-refractivity contribution in [2.24, 2.45) is 0 Å². The van der Waals surface area contributed by atoms with E-state index in [-0.39, 0.29) is 12.0 Å². The van der Waals surface area contributed by atoms with Crippen LogP contribution in [0.1, 0.15) is 31.2 Å². The maximum atomic E-state index is 12.2. The number of carbonyl (C=O) groups is 1. The highest BCUT2D eigenvalue weighted by molar-refractivity contribution is 5.76. The summed E-state index contributed by atoms with van der Waals surface area (Å²) in [6.07, 6.45) is 7.89. The minimum atomic E-state index is 0.00611. The van der Waals surface area contributed by atoms with Crippen molar-refractivity contribution >= 4 is 5.91 Å². The first-order valence-electron chi connectivity index (χ1n) is 8.62. The Morgan fingerprint density at radius 2 is 2.13 bits per heavy atom. The van der Waals surface area contributed by atoms with Crippen LogP contribution >= 0.6 is 0 Å². The number of nitrogens with zero attached hydrogens (tertiary/aromatic N) is 1. The van der Waals surface area contributed by atoms with Gasteiger partial charge >= 0.3 is 0 Å². The zero-order chi connectivity index (χ0) is 15.9. The molecule has 1 amide bonds. The smallest absolute Gasteiger partial charge is 0.222 e. The first-order valence-corrected chi connectivity index (χ1v) is 8.62. The number of hydrogen-bond donors (Lipinski definition) is 1. The molecule has 2 aliphatic rings. The van der Waals surface area contributed by atoms with E-state index in [2.05, 4.69) is 46.6 Å². The molecule has 0 spiro atoms. The third-order valence-electron chi connectivity index (χ3n) is 4.52. The van der Waals surface area contributed by atoms with Crippen LogP contribution in [-0.2, 0) is 16.1 Å². The third-order valence-corrected chi connectivity index (χ3v) is 4.52. The molecule has 124 valence electrons. The Labute approximate surface area is 138 Å². The lowest BCUT2D eigenvalue weighted by molar-refractivity contribution is -0.126. The number of ether oxygens (including phenoxy) is 1. The molecule has 1 heterocycles. The molecule has 1 aliphatic carbocycles. The van der Waals surface area contributed by atoms with Crippen molar-refractivity contribution in [3.63, 3.8) is 0 Å². The van der Waals surface area contributed by atoms with Crippen LogP contribution in [0, 0.1) is 0 Å². The van der Waals surface area contributed by atoms with Gasteiger partial charge in [0.15, 0.2) is 0 Å². The minimum absolute atomic E-state index is 0.00611. The molecule has 1 fully saturated rings. The summed E-state index contributed by atoms with van der Waals surface area (Å²) in [5.41, 5.74) is 1.31. The highest BCUT2D eigenvalue weighted by Gasteiger charge is 2.24. The summed E-state index contributed by atoms with van der Waals surface area (Å²) >= 11 is 0. The summed E-state index contributed by atoms with van der Waals surface area (Å²) in [6.45, 7) is 3.39. The SMILES string of the molecule is O=C(C[C@H]1CN(Cc2ccccc2)CCO1)N[C@H]1CC=CCC1. The number of carbonyl (C=O) groups excluding carboxylic acids is 1. The Morgan fingerprint density at radius 1 is 1.26 bits per heavy atom. The van der Waals surface area contributed by atoms with Gasteiger partial charge in [-0.15, -0.1) is 0 Å². The molecule has 4 nitrogen and oxygen atoms in total. The van der Waals surface area contributed by atoms with Crippen LogP contribution in [0.25, 0.3) is 0 Å². The molecule has 0 saturated carbocycles. The molecule has 0 unspecified atom stereocenters. The molecule has 0 bridgehead atoms. The van der Waals surface area contributed by atoms with Crippen LogP contribution in [0.3, 0.4) is 0 Å². The Kier molecular flexibility index (Phi) is 5.83. The van der Waals surface area contributed by atoms with Gasteiger partial charge in [-0.2, -0.15) is 0 Å². The van der Waals surface area contributed by atoms with E-state index < -0.39 is 0 Å². The topological polar surface area (TPSA) is 41.6 Å². The zero-order valence-electron chi connectivity index (χ0n) is 13.6. The van der Waals surface area contributed by atoms with Gasteiger partial charge in [0.05, 0.1) is 19.1 Å². The van der Waals surface area contributed by atoms with Gasteiger partial charge in [-0.25, -0.2) is 0 Å². The Bertz CT molecular complexity index is 529. The van der Waals surface area contributed by atoms with Crippen molar-refractivity contribution in [1.82, 2.24) is 10.2 Å². The molecule has 1 aromatic rings. The number of hydrogen-bond acceptors (Lipinski definition) is 3. The molecule has 1 N–H and O–H groups in total.